The molecule has 0 bridgehead atoms. The normalized spacial score (nSPS) is 15.7. The third kappa shape index (κ3) is 6.13. The van der Waals surface area contributed by atoms with Crippen LogP contribution >= 0.6 is 0 Å². The number of nitrogens with one attached hydrogen (secondary N) is 3. The number of hydrogen-bond acceptors (Lipinski definition) is 8. The topological polar surface area (TPSA) is 135 Å². The summed E-state index contributed by atoms with van der Waals surface area (Å²) in [6, 6.07) is 6.32. The Morgan fingerprint density at radius 1 is 0.975 bits per heavy atom. The van der Waals surface area contributed by atoms with E-state index in [0.29, 0.717) is 54.3 Å². The second kappa shape index (κ2) is 12.7. The zero-order valence-electron chi connectivity index (χ0n) is 23.3. The van der Waals surface area contributed by atoms with E-state index in [0.717, 1.165) is 24.0 Å². The Morgan fingerprint density at radius 2 is 1.70 bits per heavy atom. The van der Waals surface area contributed by atoms with Crippen molar-refractivity contribution in [2.45, 2.75) is 38.6 Å². The minimum absolute atomic E-state index is 0.0815. The number of carbonyl (C=O) groups excluding carboxylic acids is 3. The Bertz CT molecular complexity index is 1350. The van der Waals surface area contributed by atoms with E-state index in [1.807, 2.05) is 6.07 Å². The number of likely N-dealkylation sites (tertiary alicyclic amines) is 1. The van der Waals surface area contributed by atoms with E-state index < -0.39 is 11.9 Å². The number of hydrogen-bond donors (Lipinski definition) is 3. The maximum absolute atomic E-state index is 13.3. The van der Waals surface area contributed by atoms with Crippen molar-refractivity contribution in [1.29, 1.82) is 0 Å². The van der Waals surface area contributed by atoms with Gasteiger partial charge in [-0.1, -0.05) is 6.07 Å². The van der Waals surface area contributed by atoms with Gasteiger partial charge in [0.25, 0.3) is 0 Å². The molecular weight excluding hydrogens is 516 g/mol. The summed E-state index contributed by atoms with van der Waals surface area (Å²) < 4.78 is 16.9. The van der Waals surface area contributed by atoms with Crippen LogP contribution in [0.2, 0.25) is 0 Å². The molecule has 214 valence electrons. The molecule has 0 radical (unpaired) electrons. The maximum Gasteiger partial charge on any atom is 0.241 e. The van der Waals surface area contributed by atoms with Gasteiger partial charge in [0.1, 0.15) is 0 Å². The molecule has 1 heterocycles. The molecule has 1 fully saturated rings. The summed E-state index contributed by atoms with van der Waals surface area (Å²) in [7, 11) is 4.61. The highest BCUT2D eigenvalue weighted by molar-refractivity contribution is 5.87. The zero-order chi connectivity index (χ0) is 28.8. The van der Waals surface area contributed by atoms with Gasteiger partial charge in [-0.25, -0.2) is 0 Å². The Labute approximate surface area is 233 Å². The van der Waals surface area contributed by atoms with Crippen LogP contribution in [0.25, 0.3) is 11.1 Å². The highest BCUT2D eigenvalue weighted by Gasteiger charge is 2.29. The van der Waals surface area contributed by atoms with Crippen LogP contribution in [0.5, 0.6) is 17.2 Å². The van der Waals surface area contributed by atoms with Gasteiger partial charge < -0.3 is 35.1 Å². The number of aryl methyl sites for hydroxylation is 1. The van der Waals surface area contributed by atoms with E-state index in [9.17, 15) is 19.2 Å². The highest BCUT2D eigenvalue weighted by Crippen LogP contribution is 2.50. The summed E-state index contributed by atoms with van der Waals surface area (Å²) in [6.45, 7) is 2.60. The fourth-order valence-electron chi connectivity index (χ4n) is 5.34. The van der Waals surface area contributed by atoms with Crippen LogP contribution in [-0.4, -0.2) is 70.1 Å². The fourth-order valence-corrected chi connectivity index (χ4v) is 5.34. The number of benzene rings is 1. The first-order chi connectivity index (χ1) is 19.3. The molecule has 0 spiro atoms. The lowest BCUT2D eigenvalue weighted by Gasteiger charge is -2.19. The molecule has 0 aromatic heterocycles. The van der Waals surface area contributed by atoms with E-state index in [2.05, 4.69) is 16.0 Å². The number of amides is 3. The first kappa shape index (κ1) is 28.7. The molecule has 1 saturated heterocycles. The Kier molecular flexibility index (Phi) is 9.13. The Morgan fingerprint density at radius 3 is 2.35 bits per heavy atom. The second-order valence-electron chi connectivity index (χ2n) is 9.81. The number of ether oxygens (including phenoxy) is 3. The van der Waals surface area contributed by atoms with Crippen LogP contribution in [0, 0.1) is 0 Å². The molecule has 11 nitrogen and oxygen atoms in total. The SMILES string of the molecule is COc1cc2c(c(OC)c1OC)-c1ccc(NCC(=O)NCC(=O)N3CCCC3)c(=O)cc1C(NC(C)=O)CC2. The smallest absolute Gasteiger partial charge is 0.241 e. The Hall–Kier alpha value is -4.28. The molecule has 0 saturated carbocycles. The van der Waals surface area contributed by atoms with Crippen LogP contribution in [0.3, 0.4) is 0 Å². The fraction of sp³-hybridized carbons (Fsp3) is 0.448. The molecule has 2 aliphatic rings. The van der Waals surface area contributed by atoms with Crippen LogP contribution in [0.1, 0.15) is 43.4 Å². The molecule has 2 aromatic rings. The molecule has 1 aliphatic carbocycles. The quantitative estimate of drug-likeness (QED) is 0.430. The van der Waals surface area contributed by atoms with Crippen molar-refractivity contribution in [2.75, 3.05) is 52.8 Å². The van der Waals surface area contributed by atoms with Crippen molar-refractivity contribution in [1.82, 2.24) is 15.5 Å². The van der Waals surface area contributed by atoms with Gasteiger partial charge in [-0.05, 0) is 60.6 Å². The van der Waals surface area contributed by atoms with Crippen molar-refractivity contribution in [3.63, 3.8) is 0 Å². The third-order valence-corrected chi connectivity index (χ3v) is 7.25. The average Bonchev–Trinajstić information content (AvgIpc) is 3.39. The number of nitrogens with zero attached hydrogens (tertiary/aromatic N) is 1. The third-order valence-electron chi connectivity index (χ3n) is 7.25. The summed E-state index contributed by atoms with van der Waals surface area (Å²) in [6.07, 6.45) is 3.08. The summed E-state index contributed by atoms with van der Waals surface area (Å²) in [5, 5.41) is 8.48. The standard InChI is InChI=1S/C29H36N4O7/c1-17(34)32-21-9-7-18-13-24(38-2)28(39-3)29(40-4)27(18)19-8-10-22(23(35)14-20(19)21)30-15-25(36)31-16-26(37)33-11-5-6-12-33/h8,10,13-14,21H,5-7,9,11-12,15-16H2,1-4H3,(H,30,35)(H,31,36)(H,32,34). The summed E-state index contributed by atoms with van der Waals surface area (Å²) in [4.78, 5) is 51.8. The molecular formula is C29H36N4O7. The zero-order valence-corrected chi connectivity index (χ0v) is 23.3. The van der Waals surface area contributed by atoms with Crippen LogP contribution in [0.4, 0.5) is 5.69 Å². The lowest BCUT2D eigenvalue weighted by atomic mass is 9.95. The summed E-state index contributed by atoms with van der Waals surface area (Å²) in [5.74, 6) is 0.645. The molecule has 1 unspecified atom stereocenters. The molecule has 1 atom stereocenters. The molecule has 3 N–H and O–H groups in total. The first-order valence-electron chi connectivity index (χ1n) is 13.3. The van der Waals surface area contributed by atoms with Crippen molar-refractivity contribution in [3.8, 4) is 28.4 Å². The van der Waals surface area contributed by atoms with Crippen molar-refractivity contribution in [3.05, 3.63) is 45.6 Å². The number of rotatable bonds is 9. The van der Waals surface area contributed by atoms with Gasteiger partial charge in [0.2, 0.25) is 28.9 Å². The van der Waals surface area contributed by atoms with Gasteiger partial charge >= 0.3 is 0 Å². The maximum atomic E-state index is 13.3. The largest absolute Gasteiger partial charge is 0.493 e. The molecule has 4 rings (SSSR count). The molecule has 2 aromatic carbocycles. The lowest BCUT2D eigenvalue weighted by molar-refractivity contribution is -0.131. The van der Waals surface area contributed by atoms with Gasteiger partial charge in [-0.3, -0.25) is 19.2 Å². The highest BCUT2D eigenvalue weighted by atomic mass is 16.5. The van der Waals surface area contributed by atoms with Gasteiger partial charge in [0, 0.05) is 25.6 Å². The molecule has 3 amide bonds. The first-order valence-corrected chi connectivity index (χ1v) is 13.3. The van der Waals surface area contributed by atoms with E-state index in [4.69, 9.17) is 14.2 Å². The van der Waals surface area contributed by atoms with Gasteiger partial charge in [0.05, 0.1) is 46.1 Å². The number of anilines is 1. The van der Waals surface area contributed by atoms with Crippen LogP contribution < -0.4 is 35.6 Å². The van der Waals surface area contributed by atoms with Crippen molar-refractivity contribution >= 4 is 23.4 Å². The van der Waals surface area contributed by atoms with Gasteiger partial charge in [0.15, 0.2) is 11.5 Å². The molecule has 11 heteroatoms. The second-order valence-corrected chi connectivity index (χ2v) is 9.81. The average molecular weight is 553 g/mol. The number of carbonyl (C=O) groups is 3. The minimum atomic E-state index is -0.436. The molecule has 1 aliphatic heterocycles. The monoisotopic (exact) mass is 552 g/mol. The van der Waals surface area contributed by atoms with Crippen LogP contribution in [0.15, 0.2) is 29.1 Å². The Balaban J connectivity index is 1.67. The van der Waals surface area contributed by atoms with Crippen LogP contribution in [-0.2, 0) is 20.8 Å². The van der Waals surface area contributed by atoms with E-state index in [-0.39, 0.29) is 36.0 Å². The van der Waals surface area contributed by atoms with Gasteiger partial charge in [-0.2, -0.15) is 0 Å². The number of fused-ring (bicyclic) bond motifs is 3. The predicted molar refractivity (Wildman–Crippen MR) is 150 cm³/mol. The summed E-state index contributed by atoms with van der Waals surface area (Å²) >= 11 is 0. The van der Waals surface area contributed by atoms with E-state index >= 15 is 0 Å². The predicted octanol–water partition coefficient (Wildman–Crippen LogP) is 2.01. The van der Waals surface area contributed by atoms with E-state index in [1.165, 1.54) is 27.2 Å². The van der Waals surface area contributed by atoms with E-state index in [1.54, 1.807) is 24.1 Å². The molecule has 40 heavy (non-hydrogen) atoms. The van der Waals surface area contributed by atoms with Crippen molar-refractivity contribution < 1.29 is 28.6 Å². The lowest BCUT2D eigenvalue weighted by Crippen LogP contribution is -2.40. The minimum Gasteiger partial charge on any atom is -0.493 e. The van der Waals surface area contributed by atoms with Gasteiger partial charge in [-0.15, -0.1) is 0 Å². The summed E-state index contributed by atoms with van der Waals surface area (Å²) in [5.41, 5.74) is 2.83. The van der Waals surface area contributed by atoms with Crippen molar-refractivity contribution in [2.24, 2.45) is 0 Å². The number of methoxy groups -OCH3 is 3.